The van der Waals surface area contributed by atoms with Crippen LogP contribution >= 0.6 is 0 Å². The van der Waals surface area contributed by atoms with Gasteiger partial charge in [0.15, 0.2) is 11.4 Å². The second-order valence-corrected chi connectivity index (χ2v) is 6.94. The Bertz CT molecular complexity index is 1420. The van der Waals surface area contributed by atoms with E-state index in [2.05, 4.69) is 10.2 Å². The summed E-state index contributed by atoms with van der Waals surface area (Å²) < 4.78 is 18.5. The average Bonchev–Trinajstić information content (AvgIpc) is 3.29. The summed E-state index contributed by atoms with van der Waals surface area (Å²) in [7, 11) is 1.49. The van der Waals surface area contributed by atoms with E-state index in [4.69, 9.17) is 4.74 Å². The van der Waals surface area contributed by atoms with E-state index < -0.39 is 32.8 Å². The van der Waals surface area contributed by atoms with E-state index in [1.165, 1.54) is 19.2 Å². The van der Waals surface area contributed by atoms with Crippen molar-refractivity contribution < 1.29 is 23.8 Å². The van der Waals surface area contributed by atoms with Gasteiger partial charge in [0.2, 0.25) is 5.78 Å². The van der Waals surface area contributed by atoms with Crippen molar-refractivity contribution in [1.82, 2.24) is 15.0 Å². The number of carbonyl (C=O) groups excluding carboxylic acids is 1. The summed E-state index contributed by atoms with van der Waals surface area (Å²) in [6.07, 6.45) is 0. The molecular formula is C22H14FN5O6. The monoisotopic (exact) mass is 463 g/mol. The molecule has 170 valence electrons. The van der Waals surface area contributed by atoms with Crippen molar-refractivity contribution in [3.05, 3.63) is 104 Å². The molecule has 0 spiro atoms. The summed E-state index contributed by atoms with van der Waals surface area (Å²) in [5, 5.41) is 31.1. The zero-order chi connectivity index (χ0) is 24.4. The van der Waals surface area contributed by atoms with Crippen molar-refractivity contribution in [2.45, 2.75) is 0 Å². The van der Waals surface area contributed by atoms with Gasteiger partial charge in [-0.2, -0.15) is 0 Å². The SMILES string of the molecule is COc1ccc(-c2nn(-c3ccc([N+](=O)[O-])cc3[N+](=O)[O-])nc2C(=O)c2ccc(F)cc2)cc1. The second kappa shape index (κ2) is 8.86. The number of hydrogen-bond acceptors (Lipinski definition) is 8. The van der Waals surface area contributed by atoms with Crippen LogP contribution in [0.15, 0.2) is 66.7 Å². The minimum atomic E-state index is -0.805. The van der Waals surface area contributed by atoms with E-state index in [0.29, 0.717) is 11.3 Å². The van der Waals surface area contributed by atoms with E-state index in [1.807, 2.05) is 0 Å². The number of ether oxygens (including phenoxy) is 1. The summed E-state index contributed by atoms with van der Waals surface area (Å²) in [6.45, 7) is 0. The molecule has 4 rings (SSSR count). The molecule has 0 aliphatic carbocycles. The third-order valence-electron chi connectivity index (χ3n) is 4.88. The molecule has 0 atom stereocenters. The van der Waals surface area contributed by atoms with Gasteiger partial charge in [0.05, 0.1) is 23.0 Å². The lowest BCUT2D eigenvalue weighted by Gasteiger charge is -2.03. The number of halogens is 1. The van der Waals surface area contributed by atoms with Crippen molar-refractivity contribution in [2.75, 3.05) is 7.11 Å². The van der Waals surface area contributed by atoms with Crippen LogP contribution in [0.2, 0.25) is 0 Å². The number of nitro benzene ring substituents is 2. The van der Waals surface area contributed by atoms with Crippen LogP contribution in [0.4, 0.5) is 15.8 Å². The highest BCUT2D eigenvalue weighted by molar-refractivity contribution is 6.10. The Kier molecular flexibility index (Phi) is 5.79. The van der Waals surface area contributed by atoms with Gasteiger partial charge in [-0.3, -0.25) is 25.0 Å². The number of rotatable bonds is 7. The zero-order valence-corrected chi connectivity index (χ0v) is 17.4. The number of carbonyl (C=O) groups is 1. The molecule has 0 radical (unpaired) electrons. The first-order valence-electron chi connectivity index (χ1n) is 9.63. The summed E-state index contributed by atoms with van der Waals surface area (Å²) in [6, 6.07) is 14.3. The van der Waals surface area contributed by atoms with Gasteiger partial charge in [0, 0.05) is 17.2 Å². The number of methoxy groups -OCH3 is 1. The van der Waals surface area contributed by atoms with E-state index in [0.717, 1.165) is 35.1 Å². The van der Waals surface area contributed by atoms with Crippen LogP contribution in [-0.2, 0) is 0 Å². The molecule has 0 N–H and O–H groups in total. The summed E-state index contributed by atoms with van der Waals surface area (Å²) in [4.78, 5) is 35.1. The first kappa shape index (κ1) is 22.2. The van der Waals surface area contributed by atoms with Crippen molar-refractivity contribution in [1.29, 1.82) is 0 Å². The number of nitrogens with zero attached hydrogens (tertiary/aromatic N) is 5. The molecule has 3 aromatic carbocycles. The lowest BCUT2D eigenvalue weighted by Crippen LogP contribution is -2.07. The summed E-state index contributed by atoms with van der Waals surface area (Å²) in [5.74, 6) is -0.577. The van der Waals surface area contributed by atoms with Gasteiger partial charge in [0.1, 0.15) is 17.3 Å². The quantitative estimate of drug-likeness (QED) is 0.226. The van der Waals surface area contributed by atoms with Crippen molar-refractivity contribution >= 4 is 17.2 Å². The topological polar surface area (TPSA) is 143 Å². The van der Waals surface area contributed by atoms with E-state index >= 15 is 0 Å². The zero-order valence-electron chi connectivity index (χ0n) is 17.4. The third kappa shape index (κ3) is 4.19. The minimum Gasteiger partial charge on any atom is -0.497 e. The Labute approximate surface area is 190 Å². The fraction of sp³-hybridized carbons (Fsp3) is 0.0455. The largest absolute Gasteiger partial charge is 0.497 e. The molecule has 0 bridgehead atoms. The molecule has 0 aliphatic rings. The van der Waals surface area contributed by atoms with Crippen LogP contribution < -0.4 is 4.74 Å². The van der Waals surface area contributed by atoms with Gasteiger partial charge in [-0.05, 0) is 54.6 Å². The molecule has 4 aromatic rings. The molecule has 1 aromatic heterocycles. The number of benzene rings is 3. The van der Waals surface area contributed by atoms with Crippen LogP contribution in [0.3, 0.4) is 0 Å². The smallest absolute Gasteiger partial charge is 0.303 e. The van der Waals surface area contributed by atoms with Crippen molar-refractivity contribution in [3.8, 4) is 22.7 Å². The van der Waals surface area contributed by atoms with Crippen LogP contribution in [0.25, 0.3) is 16.9 Å². The molecule has 0 amide bonds. The summed E-state index contributed by atoms with van der Waals surface area (Å²) in [5.41, 5.74) is -0.743. The van der Waals surface area contributed by atoms with Gasteiger partial charge in [0.25, 0.3) is 5.69 Å². The maximum atomic E-state index is 13.3. The Hall–Kier alpha value is -5.00. The fourth-order valence-corrected chi connectivity index (χ4v) is 3.19. The number of hydrogen-bond donors (Lipinski definition) is 0. The molecule has 0 saturated carbocycles. The van der Waals surface area contributed by atoms with Gasteiger partial charge >= 0.3 is 5.69 Å². The molecule has 1 heterocycles. The van der Waals surface area contributed by atoms with Gasteiger partial charge < -0.3 is 4.74 Å². The third-order valence-corrected chi connectivity index (χ3v) is 4.88. The molecule has 0 unspecified atom stereocenters. The Morgan fingerprint density at radius 3 is 2.21 bits per heavy atom. The normalized spacial score (nSPS) is 10.6. The predicted octanol–water partition coefficient (Wildman–Crippen LogP) is 4.13. The lowest BCUT2D eigenvalue weighted by molar-refractivity contribution is -0.394. The fourth-order valence-electron chi connectivity index (χ4n) is 3.19. The van der Waals surface area contributed by atoms with E-state index in [1.54, 1.807) is 24.3 Å². The standard InChI is InChI=1S/C22H14FN5O6/c1-34-17-9-4-13(5-10-17)20-21(22(29)14-2-6-15(23)7-3-14)25-26(24-20)18-11-8-16(27(30)31)12-19(18)28(32)33/h2-12H,1H3. The van der Waals surface area contributed by atoms with Gasteiger partial charge in [-0.1, -0.05) is 0 Å². The minimum absolute atomic E-state index is 0.102. The van der Waals surface area contributed by atoms with Gasteiger partial charge in [-0.25, -0.2) is 4.39 Å². The Balaban J connectivity index is 1.90. The molecule has 11 nitrogen and oxygen atoms in total. The van der Waals surface area contributed by atoms with E-state index in [9.17, 15) is 29.4 Å². The first-order chi connectivity index (χ1) is 16.3. The average molecular weight is 463 g/mol. The van der Waals surface area contributed by atoms with Crippen LogP contribution in [-0.4, -0.2) is 37.7 Å². The molecular weight excluding hydrogens is 449 g/mol. The lowest BCUT2D eigenvalue weighted by atomic mass is 10.0. The Morgan fingerprint density at radius 2 is 1.62 bits per heavy atom. The number of nitro groups is 2. The van der Waals surface area contributed by atoms with Crippen LogP contribution in [0.5, 0.6) is 5.75 Å². The number of ketones is 1. The number of non-ortho nitro benzene ring substituents is 1. The van der Waals surface area contributed by atoms with Crippen molar-refractivity contribution in [3.63, 3.8) is 0 Å². The highest BCUT2D eigenvalue weighted by Gasteiger charge is 2.27. The first-order valence-corrected chi connectivity index (χ1v) is 9.63. The maximum absolute atomic E-state index is 13.3. The van der Waals surface area contributed by atoms with Crippen LogP contribution in [0.1, 0.15) is 16.1 Å². The van der Waals surface area contributed by atoms with Crippen LogP contribution in [0, 0.1) is 26.0 Å². The van der Waals surface area contributed by atoms with Gasteiger partial charge in [-0.15, -0.1) is 15.0 Å². The molecule has 34 heavy (non-hydrogen) atoms. The number of aromatic nitrogens is 3. The molecule has 0 saturated heterocycles. The summed E-state index contributed by atoms with van der Waals surface area (Å²) >= 11 is 0. The predicted molar refractivity (Wildman–Crippen MR) is 116 cm³/mol. The highest BCUT2D eigenvalue weighted by Crippen LogP contribution is 2.30. The Morgan fingerprint density at radius 1 is 0.941 bits per heavy atom. The second-order valence-electron chi connectivity index (χ2n) is 6.94. The maximum Gasteiger partial charge on any atom is 0.303 e. The highest BCUT2D eigenvalue weighted by atomic mass is 19.1. The molecule has 12 heteroatoms. The van der Waals surface area contributed by atoms with E-state index in [-0.39, 0.29) is 22.6 Å². The molecule has 0 fully saturated rings. The molecule has 0 aliphatic heterocycles. The van der Waals surface area contributed by atoms with Crippen molar-refractivity contribution in [2.24, 2.45) is 0 Å².